The molecule has 0 spiro atoms. The van der Waals surface area contributed by atoms with Gasteiger partial charge in [-0.25, -0.2) is 0 Å². The molecule has 8 aromatic rings. The zero-order valence-corrected chi connectivity index (χ0v) is 20.3. The van der Waals surface area contributed by atoms with E-state index in [1.54, 1.807) is 0 Å². The number of hydrogen-bond donors (Lipinski definition) is 0. The molecule has 6 aromatic carbocycles. The molecule has 1 nitrogen and oxygen atoms in total. The SMILES string of the molecule is c1ccc2c(-c3ccc4c(c3)c3ccccc3n4-c3cccc4sc5ccccc5c34)cccc2c1. The van der Waals surface area contributed by atoms with E-state index in [1.165, 1.54) is 69.6 Å². The second kappa shape index (κ2) is 7.55. The van der Waals surface area contributed by atoms with Gasteiger partial charge in [-0.3, -0.25) is 0 Å². The Hall–Kier alpha value is -4.40. The lowest BCUT2D eigenvalue weighted by molar-refractivity contribution is 1.20. The van der Waals surface area contributed by atoms with Gasteiger partial charge in [0, 0.05) is 30.9 Å². The van der Waals surface area contributed by atoms with Crippen LogP contribution in [0.1, 0.15) is 0 Å². The van der Waals surface area contributed by atoms with Gasteiger partial charge in [0.15, 0.2) is 0 Å². The van der Waals surface area contributed by atoms with Crippen molar-refractivity contribution in [1.82, 2.24) is 4.57 Å². The van der Waals surface area contributed by atoms with Crippen molar-refractivity contribution in [2.75, 3.05) is 0 Å². The van der Waals surface area contributed by atoms with Crippen LogP contribution in [0.5, 0.6) is 0 Å². The zero-order valence-electron chi connectivity index (χ0n) is 19.5. The summed E-state index contributed by atoms with van der Waals surface area (Å²) >= 11 is 1.87. The Morgan fingerprint density at radius 1 is 0.472 bits per heavy atom. The minimum atomic E-state index is 1.24. The number of benzene rings is 6. The Labute approximate surface area is 212 Å². The standard InChI is InChI=1S/C34H21NS/c1-2-11-24-22(9-1)10-7-14-25(24)23-19-20-30-28(21-23)26-12-3-5-15-29(26)35(30)31-16-8-18-33-34(31)27-13-4-6-17-32(27)36-33/h1-21H. The van der Waals surface area contributed by atoms with Crippen LogP contribution < -0.4 is 0 Å². The molecule has 0 saturated heterocycles. The molecule has 168 valence electrons. The molecular formula is C34H21NS. The van der Waals surface area contributed by atoms with Gasteiger partial charge in [-0.15, -0.1) is 11.3 Å². The Bertz CT molecular complexity index is 2100. The third-order valence-corrected chi connectivity index (χ3v) is 8.53. The summed E-state index contributed by atoms with van der Waals surface area (Å²) in [4.78, 5) is 0. The fourth-order valence-electron chi connectivity index (χ4n) is 5.82. The molecule has 0 unspecified atom stereocenters. The maximum atomic E-state index is 2.46. The van der Waals surface area contributed by atoms with Crippen molar-refractivity contribution in [2.24, 2.45) is 0 Å². The van der Waals surface area contributed by atoms with Crippen LogP contribution >= 0.6 is 11.3 Å². The van der Waals surface area contributed by atoms with Crippen LogP contribution in [-0.2, 0) is 0 Å². The minimum absolute atomic E-state index is 1.24. The number of thiophene rings is 1. The summed E-state index contributed by atoms with van der Waals surface area (Å²) in [5.74, 6) is 0. The Morgan fingerprint density at radius 3 is 2.11 bits per heavy atom. The highest BCUT2D eigenvalue weighted by Gasteiger charge is 2.17. The average molecular weight is 476 g/mol. The molecule has 2 heterocycles. The van der Waals surface area contributed by atoms with E-state index in [-0.39, 0.29) is 0 Å². The van der Waals surface area contributed by atoms with E-state index in [1.807, 2.05) is 11.3 Å². The third-order valence-electron chi connectivity index (χ3n) is 7.39. The molecular weight excluding hydrogens is 454 g/mol. The first-order valence-electron chi connectivity index (χ1n) is 12.3. The van der Waals surface area contributed by atoms with E-state index in [2.05, 4.69) is 132 Å². The molecule has 2 heteroatoms. The summed E-state index contributed by atoms with van der Waals surface area (Å²) in [5.41, 5.74) is 6.25. The molecule has 2 aromatic heterocycles. The Balaban J connectivity index is 1.47. The van der Waals surface area contributed by atoms with Crippen molar-refractivity contribution in [3.8, 4) is 16.8 Å². The highest BCUT2D eigenvalue weighted by molar-refractivity contribution is 7.25. The highest BCUT2D eigenvalue weighted by atomic mass is 32.1. The number of rotatable bonds is 2. The van der Waals surface area contributed by atoms with Crippen LogP contribution in [-0.4, -0.2) is 4.57 Å². The van der Waals surface area contributed by atoms with Crippen molar-refractivity contribution in [2.45, 2.75) is 0 Å². The molecule has 0 N–H and O–H groups in total. The fraction of sp³-hybridized carbons (Fsp3) is 0. The molecule has 0 bridgehead atoms. The number of hydrogen-bond acceptors (Lipinski definition) is 1. The first kappa shape index (κ1) is 19.9. The minimum Gasteiger partial charge on any atom is -0.309 e. The van der Waals surface area contributed by atoms with E-state index in [4.69, 9.17) is 0 Å². The number of aromatic nitrogens is 1. The van der Waals surface area contributed by atoms with Crippen molar-refractivity contribution >= 4 is 64.1 Å². The summed E-state index contributed by atoms with van der Waals surface area (Å²) in [6.45, 7) is 0. The van der Waals surface area contributed by atoms with Crippen LogP contribution in [0.3, 0.4) is 0 Å². The first-order valence-corrected chi connectivity index (χ1v) is 13.1. The molecule has 36 heavy (non-hydrogen) atoms. The maximum Gasteiger partial charge on any atom is 0.0555 e. The quantitative estimate of drug-likeness (QED) is 0.234. The number of para-hydroxylation sites is 1. The van der Waals surface area contributed by atoms with Gasteiger partial charge < -0.3 is 4.57 Å². The predicted octanol–water partition coefficient (Wildman–Crippen LogP) is 9.97. The molecule has 0 atom stereocenters. The first-order chi connectivity index (χ1) is 17.9. The molecule has 0 radical (unpaired) electrons. The molecule has 0 saturated carbocycles. The van der Waals surface area contributed by atoms with Crippen molar-refractivity contribution in [3.63, 3.8) is 0 Å². The third kappa shape index (κ3) is 2.76. The lowest BCUT2D eigenvalue weighted by Gasteiger charge is -2.11. The molecule has 0 fully saturated rings. The van der Waals surface area contributed by atoms with E-state index in [0.29, 0.717) is 0 Å². The molecule has 0 aliphatic carbocycles. The highest BCUT2D eigenvalue weighted by Crippen LogP contribution is 2.41. The summed E-state index contributed by atoms with van der Waals surface area (Å²) in [6, 6.07) is 46.5. The van der Waals surface area contributed by atoms with Crippen molar-refractivity contribution < 1.29 is 0 Å². The Morgan fingerprint density at radius 2 is 1.17 bits per heavy atom. The van der Waals surface area contributed by atoms with Gasteiger partial charge in [-0.2, -0.15) is 0 Å². The molecule has 8 rings (SSSR count). The fourth-order valence-corrected chi connectivity index (χ4v) is 6.95. The predicted molar refractivity (Wildman–Crippen MR) is 157 cm³/mol. The maximum absolute atomic E-state index is 2.46. The van der Waals surface area contributed by atoms with Gasteiger partial charge in [0.2, 0.25) is 0 Å². The Kier molecular flexibility index (Phi) is 4.16. The second-order valence-electron chi connectivity index (χ2n) is 9.36. The van der Waals surface area contributed by atoms with Crippen LogP contribution in [0.4, 0.5) is 0 Å². The summed E-state index contributed by atoms with van der Waals surface area (Å²) in [5, 5.41) is 7.79. The topological polar surface area (TPSA) is 4.93 Å². The monoisotopic (exact) mass is 475 g/mol. The lowest BCUT2D eigenvalue weighted by Crippen LogP contribution is -1.94. The molecule has 0 aliphatic rings. The molecule has 0 amide bonds. The lowest BCUT2D eigenvalue weighted by atomic mass is 9.97. The molecule has 0 aliphatic heterocycles. The van der Waals surface area contributed by atoms with Crippen molar-refractivity contribution in [3.05, 3.63) is 127 Å². The van der Waals surface area contributed by atoms with Gasteiger partial charge in [0.1, 0.15) is 0 Å². The van der Waals surface area contributed by atoms with E-state index in [9.17, 15) is 0 Å². The normalized spacial score (nSPS) is 11.9. The van der Waals surface area contributed by atoms with Gasteiger partial charge in [-0.1, -0.05) is 91.0 Å². The number of fused-ring (bicyclic) bond motifs is 7. The summed E-state index contributed by atoms with van der Waals surface area (Å²) < 4.78 is 5.12. The van der Waals surface area contributed by atoms with E-state index >= 15 is 0 Å². The van der Waals surface area contributed by atoms with Gasteiger partial charge in [0.25, 0.3) is 0 Å². The smallest absolute Gasteiger partial charge is 0.0555 e. The second-order valence-corrected chi connectivity index (χ2v) is 10.4. The van der Waals surface area contributed by atoms with Crippen LogP contribution in [0, 0.1) is 0 Å². The van der Waals surface area contributed by atoms with Gasteiger partial charge in [-0.05, 0) is 58.3 Å². The summed E-state index contributed by atoms with van der Waals surface area (Å²) in [6.07, 6.45) is 0. The van der Waals surface area contributed by atoms with Crippen LogP contribution in [0.2, 0.25) is 0 Å². The average Bonchev–Trinajstić information content (AvgIpc) is 3.48. The van der Waals surface area contributed by atoms with Gasteiger partial charge >= 0.3 is 0 Å². The van der Waals surface area contributed by atoms with Crippen molar-refractivity contribution in [1.29, 1.82) is 0 Å². The zero-order chi connectivity index (χ0) is 23.6. The largest absolute Gasteiger partial charge is 0.309 e. The number of nitrogens with zero attached hydrogens (tertiary/aromatic N) is 1. The van der Waals surface area contributed by atoms with Crippen LogP contribution in [0.15, 0.2) is 127 Å². The summed E-state index contributed by atoms with van der Waals surface area (Å²) in [7, 11) is 0. The van der Waals surface area contributed by atoms with Gasteiger partial charge in [0.05, 0.1) is 16.7 Å². The van der Waals surface area contributed by atoms with E-state index < -0.39 is 0 Å². The van der Waals surface area contributed by atoms with Crippen LogP contribution in [0.25, 0.3) is 69.6 Å². The van der Waals surface area contributed by atoms with E-state index in [0.717, 1.165) is 0 Å².